The summed E-state index contributed by atoms with van der Waals surface area (Å²) in [4.78, 5) is 13.7. The number of aryl methyl sites for hydroxylation is 1. The van der Waals surface area contributed by atoms with Gasteiger partial charge in [0.05, 0.1) is 16.4 Å². The lowest BCUT2D eigenvalue weighted by Gasteiger charge is -2.43. The van der Waals surface area contributed by atoms with Crippen LogP contribution in [0.1, 0.15) is 12.5 Å². The number of alkyl halides is 3. The molecule has 34 heavy (non-hydrogen) atoms. The predicted octanol–water partition coefficient (Wildman–Crippen LogP) is 3.99. The van der Waals surface area contributed by atoms with E-state index in [1.165, 1.54) is 6.92 Å². The van der Waals surface area contributed by atoms with Crippen LogP contribution in [0.3, 0.4) is 0 Å². The van der Waals surface area contributed by atoms with E-state index in [2.05, 4.69) is 5.32 Å². The van der Waals surface area contributed by atoms with Gasteiger partial charge >= 0.3 is 6.18 Å². The number of ether oxygens (including phenoxy) is 1. The minimum atomic E-state index is -4.85. The summed E-state index contributed by atoms with van der Waals surface area (Å²) in [6.07, 6.45) is -9.50. The van der Waals surface area contributed by atoms with Crippen molar-refractivity contribution in [3.63, 3.8) is 0 Å². The number of amides is 1. The van der Waals surface area contributed by atoms with Crippen molar-refractivity contribution in [1.29, 1.82) is 0 Å². The summed E-state index contributed by atoms with van der Waals surface area (Å²) in [5.74, 6) is -1.20. The smallest absolute Gasteiger partial charge is 0.431 e. The summed E-state index contributed by atoms with van der Waals surface area (Å²) < 4.78 is 59.8. The third-order valence-electron chi connectivity index (χ3n) is 5.20. The average Bonchev–Trinajstić information content (AvgIpc) is 2.74. The van der Waals surface area contributed by atoms with Crippen LogP contribution >= 0.6 is 11.6 Å². The lowest BCUT2D eigenvalue weighted by atomic mass is 10.2. The Labute approximate surface area is 197 Å². The number of allylic oxidation sites excluding steroid dienone is 1. The van der Waals surface area contributed by atoms with E-state index in [0.717, 1.165) is 24.7 Å². The number of anilines is 2. The van der Waals surface area contributed by atoms with Gasteiger partial charge in [0.2, 0.25) is 6.35 Å². The van der Waals surface area contributed by atoms with Gasteiger partial charge in [-0.25, -0.2) is 4.39 Å². The van der Waals surface area contributed by atoms with Gasteiger partial charge in [-0.15, -0.1) is 0 Å². The van der Waals surface area contributed by atoms with Crippen LogP contribution in [0, 0.1) is 12.7 Å². The lowest BCUT2D eigenvalue weighted by Crippen LogP contribution is -2.56. The number of nitrogens with one attached hydrogen (secondary N) is 1. The first-order valence-corrected chi connectivity index (χ1v) is 10.4. The number of benzene rings is 2. The monoisotopic (exact) mass is 503 g/mol. The maximum Gasteiger partial charge on any atom is 0.431 e. The van der Waals surface area contributed by atoms with E-state index in [9.17, 15) is 32.6 Å². The number of aliphatic hydroxyl groups is 2. The van der Waals surface area contributed by atoms with Gasteiger partial charge in [0.1, 0.15) is 17.3 Å². The summed E-state index contributed by atoms with van der Waals surface area (Å²) in [5.41, 5.74) is -1.09. The molecule has 0 radical (unpaired) electrons. The van der Waals surface area contributed by atoms with Crippen molar-refractivity contribution in [2.45, 2.75) is 38.7 Å². The van der Waals surface area contributed by atoms with Gasteiger partial charge in [0.25, 0.3) is 5.91 Å². The molecule has 2 aromatic rings. The molecule has 1 heterocycles. The third-order valence-corrected chi connectivity index (χ3v) is 5.51. The highest BCUT2D eigenvalue weighted by molar-refractivity contribution is 6.33. The highest BCUT2D eigenvalue weighted by Gasteiger charge is 2.45. The van der Waals surface area contributed by atoms with Crippen molar-refractivity contribution in [2.24, 2.45) is 0 Å². The summed E-state index contributed by atoms with van der Waals surface area (Å²) in [7, 11) is 0.934. The van der Waals surface area contributed by atoms with E-state index in [0.29, 0.717) is 21.6 Å². The molecule has 1 aliphatic rings. The van der Waals surface area contributed by atoms with Crippen molar-refractivity contribution < 1.29 is 37.3 Å². The van der Waals surface area contributed by atoms with Crippen molar-refractivity contribution in [3.8, 4) is 5.75 Å². The minimum absolute atomic E-state index is 0.101. The van der Waals surface area contributed by atoms with Crippen LogP contribution in [0.4, 0.5) is 28.9 Å². The first kappa shape index (κ1) is 25.6. The Morgan fingerprint density at radius 1 is 1.24 bits per heavy atom. The van der Waals surface area contributed by atoms with Crippen LogP contribution in [-0.4, -0.2) is 52.9 Å². The molecule has 3 atom stereocenters. The number of aliphatic hydroxyl groups excluding tert-OH is 2. The molecule has 0 fully saturated rings. The number of rotatable bonds is 5. The van der Waals surface area contributed by atoms with E-state index < -0.39 is 48.0 Å². The van der Waals surface area contributed by atoms with Gasteiger partial charge < -0.3 is 25.2 Å². The molecular weight excluding hydrogens is 482 g/mol. The number of carbonyl (C=O) groups is 1. The van der Waals surface area contributed by atoms with Crippen molar-refractivity contribution in [3.05, 3.63) is 64.6 Å². The van der Waals surface area contributed by atoms with Crippen LogP contribution in [0.25, 0.3) is 0 Å². The molecule has 1 amide bonds. The first-order chi connectivity index (χ1) is 15.8. The zero-order valence-electron chi connectivity index (χ0n) is 18.3. The fourth-order valence-corrected chi connectivity index (χ4v) is 3.54. The number of hydrogen-bond acceptors (Lipinski definition) is 6. The van der Waals surface area contributed by atoms with E-state index in [1.807, 2.05) is 0 Å². The van der Waals surface area contributed by atoms with Gasteiger partial charge in [-0.05, 0) is 43.7 Å². The zero-order chi connectivity index (χ0) is 25.4. The molecule has 12 heteroatoms. The molecule has 2 aromatic carbocycles. The SMILES string of the molecule is Cc1ccccc1OC(C)C(=O)Nc1cc(N2C(O)C=C(C(F)(F)F)N(C)C2O)c(F)cc1Cl. The molecule has 0 saturated heterocycles. The Balaban J connectivity index is 1.87. The van der Waals surface area contributed by atoms with Crippen molar-refractivity contribution >= 4 is 28.9 Å². The van der Waals surface area contributed by atoms with E-state index in [-0.39, 0.29) is 10.7 Å². The van der Waals surface area contributed by atoms with Crippen LogP contribution in [0.15, 0.2) is 48.2 Å². The van der Waals surface area contributed by atoms with Gasteiger partial charge in [0.15, 0.2) is 12.3 Å². The number of para-hydroxylation sites is 1. The summed E-state index contributed by atoms with van der Waals surface area (Å²) in [6, 6.07) is 8.83. The summed E-state index contributed by atoms with van der Waals surface area (Å²) in [5, 5.41) is 22.9. The van der Waals surface area contributed by atoms with Crippen LogP contribution < -0.4 is 15.0 Å². The standard InChI is InChI=1S/C22H22ClF4N3O4/c1-11-6-4-5-7-17(11)34-12(2)20(32)28-15-9-16(14(24)8-13(15)23)30-19(31)10-18(22(25,26)27)29(3)21(30)33/h4-10,12,19,21,31,33H,1-3H3,(H,28,32). The number of carbonyl (C=O) groups excluding carboxylic acids is 1. The predicted molar refractivity (Wildman–Crippen MR) is 118 cm³/mol. The highest BCUT2D eigenvalue weighted by Crippen LogP contribution is 2.38. The molecule has 0 aliphatic carbocycles. The third kappa shape index (κ3) is 5.21. The maximum absolute atomic E-state index is 14.7. The van der Waals surface area contributed by atoms with Gasteiger partial charge in [0, 0.05) is 7.05 Å². The molecule has 0 spiro atoms. The molecule has 0 bridgehead atoms. The Hall–Kier alpha value is -3.02. The normalized spacial score (nSPS) is 19.5. The van der Waals surface area contributed by atoms with Crippen molar-refractivity contribution in [1.82, 2.24) is 4.90 Å². The highest BCUT2D eigenvalue weighted by atomic mass is 35.5. The molecule has 7 nitrogen and oxygen atoms in total. The summed E-state index contributed by atoms with van der Waals surface area (Å²) >= 11 is 6.05. The second-order valence-electron chi connectivity index (χ2n) is 7.63. The fourth-order valence-electron chi connectivity index (χ4n) is 3.35. The Bertz CT molecular complexity index is 1110. The van der Waals surface area contributed by atoms with Gasteiger partial charge in [-0.3, -0.25) is 9.69 Å². The van der Waals surface area contributed by atoms with E-state index in [4.69, 9.17) is 16.3 Å². The van der Waals surface area contributed by atoms with E-state index in [1.54, 1.807) is 31.2 Å². The van der Waals surface area contributed by atoms with Gasteiger partial charge in [-0.2, -0.15) is 13.2 Å². The second kappa shape index (κ2) is 9.69. The average molecular weight is 504 g/mol. The molecule has 3 N–H and O–H groups in total. The minimum Gasteiger partial charge on any atom is -0.481 e. The molecule has 184 valence electrons. The van der Waals surface area contributed by atoms with Crippen molar-refractivity contribution in [2.75, 3.05) is 17.3 Å². The molecule has 1 aliphatic heterocycles. The number of hydrogen-bond donors (Lipinski definition) is 3. The van der Waals surface area contributed by atoms with Gasteiger partial charge in [-0.1, -0.05) is 29.8 Å². The Morgan fingerprint density at radius 3 is 2.50 bits per heavy atom. The lowest BCUT2D eigenvalue weighted by molar-refractivity contribution is -0.133. The Kier molecular flexibility index (Phi) is 7.29. The van der Waals surface area contributed by atoms with Crippen LogP contribution in [-0.2, 0) is 4.79 Å². The van der Waals surface area contributed by atoms with E-state index >= 15 is 0 Å². The second-order valence-corrected chi connectivity index (χ2v) is 8.03. The molecule has 0 saturated carbocycles. The van der Waals surface area contributed by atoms with Crippen LogP contribution in [0.5, 0.6) is 5.75 Å². The largest absolute Gasteiger partial charge is 0.481 e. The van der Waals surface area contributed by atoms with Crippen LogP contribution in [0.2, 0.25) is 5.02 Å². The molecule has 3 rings (SSSR count). The zero-order valence-corrected chi connectivity index (χ0v) is 19.0. The number of nitrogens with zero attached hydrogens (tertiary/aromatic N) is 2. The fraction of sp³-hybridized carbons (Fsp3) is 0.318. The first-order valence-electron chi connectivity index (χ1n) is 9.99. The Morgan fingerprint density at radius 2 is 1.88 bits per heavy atom. The topological polar surface area (TPSA) is 85.3 Å². The molecule has 0 aromatic heterocycles. The number of halogens is 5. The quantitative estimate of drug-likeness (QED) is 0.535. The maximum atomic E-state index is 14.7. The molecule has 3 unspecified atom stereocenters. The molecular formula is C22H22ClF4N3O4. The summed E-state index contributed by atoms with van der Waals surface area (Å²) in [6.45, 7) is 3.28.